The summed E-state index contributed by atoms with van der Waals surface area (Å²) in [5.41, 5.74) is -0.763. The van der Waals surface area contributed by atoms with Gasteiger partial charge < -0.3 is 24.5 Å². The number of anilines is 1. The van der Waals surface area contributed by atoms with E-state index in [2.05, 4.69) is 21.4 Å². The summed E-state index contributed by atoms with van der Waals surface area (Å²) >= 11 is 6.52. The molecule has 2 aromatic carbocycles. The van der Waals surface area contributed by atoms with Crippen LogP contribution in [-0.4, -0.2) is 82.7 Å². The molecule has 208 valence electrons. The summed E-state index contributed by atoms with van der Waals surface area (Å²) < 4.78 is 36.8. The number of piperazine rings is 1. The quantitative estimate of drug-likeness (QED) is 0.374. The monoisotopic (exact) mass is 559 g/mol. The van der Waals surface area contributed by atoms with Gasteiger partial charge in [0.05, 0.1) is 10.6 Å². The summed E-state index contributed by atoms with van der Waals surface area (Å²) in [6, 6.07) is 4.96. The zero-order valence-corrected chi connectivity index (χ0v) is 23.0. The van der Waals surface area contributed by atoms with Crippen molar-refractivity contribution >= 4 is 34.2 Å². The predicted molar refractivity (Wildman–Crippen MR) is 148 cm³/mol. The third-order valence-electron chi connectivity index (χ3n) is 7.00. The number of hydrogen-bond acceptors (Lipinski definition) is 7. The molecule has 1 fully saturated rings. The average Bonchev–Trinajstić information content (AvgIpc) is 2.92. The molecule has 1 atom stereocenters. The Hall–Kier alpha value is -3.50. The molecule has 1 saturated heterocycles. The lowest BCUT2D eigenvalue weighted by atomic mass is 10.0. The van der Waals surface area contributed by atoms with Crippen molar-refractivity contribution in [2.45, 2.75) is 26.8 Å². The Bertz CT molecular complexity index is 1370. The molecule has 0 spiro atoms. The molecule has 1 aliphatic heterocycles. The van der Waals surface area contributed by atoms with Crippen LogP contribution in [0.1, 0.15) is 20.8 Å². The second kappa shape index (κ2) is 12.1. The van der Waals surface area contributed by atoms with E-state index in [9.17, 15) is 14.3 Å². The van der Waals surface area contributed by atoms with Gasteiger partial charge in [-0.25, -0.2) is 8.78 Å². The Morgan fingerprint density at radius 3 is 2.64 bits per heavy atom. The van der Waals surface area contributed by atoms with E-state index in [0.717, 1.165) is 19.2 Å². The Balaban J connectivity index is 1.84. The molecule has 1 aromatic heterocycles. The van der Waals surface area contributed by atoms with Crippen LogP contribution in [0.5, 0.6) is 11.8 Å². The molecule has 0 saturated carbocycles. The molecule has 1 aliphatic rings. The van der Waals surface area contributed by atoms with Crippen LogP contribution < -0.4 is 9.64 Å². The van der Waals surface area contributed by atoms with Crippen LogP contribution in [0.15, 0.2) is 36.9 Å². The molecule has 11 heteroatoms. The van der Waals surface area contributed by atoms with Crippen molar-refractivity contribution in [3.63, 3.8) is 0 Å². The molecular weight excluding hydrogens is 528 g/mol. The van der Waals surface area contributed by atoms with Crippen LogP contribution in [0.4, 0.5) is 14.6 Å². The first-order valence-electron chi connectivity index (χ1n) is 12.9. The summed E-state index contributed by atoms with van der Waals surface area (Å²) in [6.45, 7) is 13.4. The van der Waals surface area contributed by atoms with E-state index < -0.39 is 17.4 Å². The van der Waals surface area contributed by atoms with Gasteiger partial charge >= 0.3 is 6.01 Å². The highest BCUT2D eigenvalue weighted by Crippen LogP contribution is 2.43. The van der Waals surface area contributed by atoms with Crippen molar-refractivity contribution in [2.75, 3.05) is 50.8 Å². The van der Waals surface area contributed by atoms with E-state index >= 15 is 4.39 Å². The number of phenolic OH excluding ortho intramolecular Hbond substituents is 1. The number of amides is 1. The van der Waals surface area contributed by atoms with E-state index in [4.69, 9.17) is 16.3 Å². The van der Waals surface area contributed by atoms with Crippen molar-refractivity contribution < 1.29 is 23.4 Å². The first-order valence-corrected chi connectivity index (χ1v) is 13.3. The number of aromatic hydroxyl groups is 1. The van der Waals surface area contributed by atoms with E-state index in [1.54, 1.807) is 4.90 Å². The Morgan fingerprint density at radius 2 is 2.00 bits per heavy atom. The predicted octanol–water partition coefficient (Wildman–Crippen LogP) is 4.88. The molecule has 0 radical (unpaired) electrons. The fourth-order valence-corrected chi connectivity index (χ4v) is 5.13. The molecular formula is C28H32ClF2N5O3. The number of benzene rings is 2. The number of hydrogen-bond donors (Lipinski definition) is 1. The number of rotatable bonds is 9. The fourth-order valence-electron chi connectivity index (χ4n) is 4.84. The summed E-state index contributed by atoms with van der Waals surface area (Å²) in [6.07, 6.45) is 1.28. The highest BCUT2D eigenvalue weighted by molar-refractivity contribution is 6.34. The number of ether oxygens (including phenoxy) is 1. The lowest BCUT2D eigenvalue weighted by molar-refractivity contribution is -0.126. The lowest BCUT2D eigenvalue weighted by Gasteiger charge is -2.40. The molecule has 39 heavy (non-hydrogen) atoms. The SMILES string of the molecule is C=CC(=O)N1CCN(c2nc(OCCN(CC)CC)nc3c(F)c(-c4c(O)cccc4F)c(Cl)cc23)[C@@H](C)C1. The molecule has 2 heterocycles. The maximum absolute atomic E-state index is 16.2. The minimum atomic E-state index is -0.900. The maximum Gasteiger partial charge on any atom is 0.319 e. The smallest absolute Gasteiger partial charge is 0.319 e. The minimum Gasteiger partial charge on any atom is -0.507 e. The molecule has 1 amide bonds. The molecule has 3 aromatic rings. The van der Waals surface area contributed by atoms with Crippen LogP contribution in [0.3, 0.4) is 0 Å². The number of likely N-dealkylation sites (N-methyl/N-ethyl adjacent to an activating group) is 1. The average molecular weight is 560 g/mol. The Morgan fingerprint density at radius 1 is 1.26 bits per heavy atom. The largest absolute Gasteiger partial charge is 0.507 e. The number of carbonyl (C=O) groups is 1. The third-order valence-corrected chi connectivity index (χ3v) is 7.30. The number of aromatic nitrogens is 2. The van der Waals surface area contributed by atoms with Crippen LogP contribution >= 0.6 is 11.6 Å². The topological polar surface area (TPSA) is 82.0 Å². The molecule has 0 bridgehead atoms. The fraction of sp³-hybridized carbons (Fsp3) is 0.393. The highest BCUT2D eigenvalue weighted by atomic mass is 35.5. The van der Waals surface area contributed by atoms with Gasteiger partial charge in [0.2, 0.25) is 5.91 Å². The first-order chi connectivity index (χ1) is 18.7. The lowest BCUT2D eigenvalue weighted by Crippen LogP contribution is -2.53. The summed E-state index contributed by atoms with van der Waals surface area (Å²) in [7, 11) is 0. The number of halogens is 3. The first kappa shape index (κ1) is 28.5. The number of carbonyl (C=O) groups excluding carboxylic acids is 1. The van der Waals surface area contributed by atoms with Gasteiger partial charge in [-0.05, 0) is 44.3 Å². The van der Waals surface area contributed by atoms with Crippen molar-refractivity contribution in [3.8, 4) is 22.9 Å². The van der Waals surface area contributed by atoms with Gasteiger partial charge in [0.25, 0.3) is 0 Å². The van der Waals surface area contributed by atoms with Crippen LogP contribution in [0.25, 0.3) is 22.0 Å². The summed E-state index contributed by atoms with van der Waals surface area (Å²) in [5, 5.41) is 10.5. The summed E-state index contributed by atoms with van der Waals surface area (Å²) in [5.74, 6) is -1.95. The molecule has 0 aliphatic carbocycles. The Labute approximate surface area is 231 Å². The van der Waals surface area contributed by atoms with Crippen LogP contribution in [0, 0.1) is 11.6 Å². The van der Waals surface area contributed by atoms with Crippen molar-refractivity contribution in [1.82, 2.24) is 19.8 Å². The standard InChI is InChI=1S/C28H32ClF2N5O3/c1-5-22(38)35-11-12-36(17(4)16-35)27-18-15-19(29)23(24-20(30)9-8-10-21(24)37)25(31)26(18)32-28(33-27)39-14-13-34(6-2)7-3/h5,8-10,15,17,37H,1,6-7,11-14,16H2,2-4H3/t17-/m0/s1. The zero-order chi connectivity index (χ0) is 28.3. The van der Waals surface area contributed by atoms with Crippen LogP contribution in [0.2, 0.25) is 5.02 Å². The molecule has 4 rings (SSSR count). The van der Waals surface area contributed by atoms with Gasteiger partial charge in [-0.1, -0.05) is 38.1 Å². The number of nitrogens with zero attached hydrogens (tertiary/aromatic N) is 5. The number of fused-ring (bicyclic) bond motifs is 1. The van der Waals surface area contributed by atoms with E-state index in [0.29, 0.717) is 37.4 Å². The summed E-state index contributed by atoms with van der Waals surface area (Å²) in [4.78, 5) is 27.0. The van der Waals surface area contributed by atoms with E-state index in [1.807, 2.05) is 25.7 Å². The Kier molecular flexibility index (Phi) is 8.87. The van der Waals surface area contributed by atoms with Gasteiger partial charge in [-0.15, -0.1) is 0 Å². The van der Waals surface area contributed by atoms with Crippen molar-refractivity contribution in [2.24, 2.45) is 0 Å². The normalized spacial score (nSPS) is 15.7. The van der Waals surface area contributed by atoms with E-state index in [-0.39, 0.29) is 46.2 Å². The van der Waals surface area contributed by atoms with Gasteiger partial charge in [0, 0.05) is 43.2 Å². The van der Waals surface area contributed by atoms with Crippen molar-refractivity contribution in [1.29, 1.82) is 0 Å². The highest BCUT2D eigenvalue weighted by Gasteiger charge is 2.30. The zero-order valence-electron chi connectivity index (χ0n) is 22.3. The number of phenols is 1. The van der Waals surface area contributed by atoms with Gasteiger partial charge in [-0.3, -0.25) is 4.79 Å². The van der Waals surface area contributed by atoms with Crippen LogP contribution in [-0.2, 0) is 4.79 Å². The maximum atomic E-state index is 16.2. The van der Waals surface area contributed by atoms with Gasteiger partial charge in [-0.2, -0.15) is 9.97 Å². The van der Waals surface area contributed by atoms with E-state index in [1.165, 1.54) is 24.3 Å². The van der Waals surface area contributed by atoms with Gasteiger partial charge in [0.1, 0.15) is 29.5 Å². The second-order valence-corrected chi connectivity index (χ2v) is 9.72. The molecule has 8 nitrogen and oxygen atoms in total. The molecule has 1 N–H and O–H groups in total. The van der Waals surface area contributed by atoms with Gasteiger partial charge in [0.15, 0.2) is 5.82 Å². The third kappa shape index (κ3) is 5.77. The van der Waals surface area contributed by atoms with Crippen molar-refractivity contribution in [3.05, 3.63) is 53.6 Å². The minimum absolute atomic E-state index is 0.0358. The second-order valence-electron chi connectivity index (χ2n) is 9.31. The molecule has 0 unspecified atom stereocenters.